The van der Waals surface area contributed by atoms with Crippen LogP contribution in [0, 0.1) is 41.4 Å². The van der Waals surface area contributed by atoms with Gasteiger partial charge < -0.3 is 5.11 Å². The zero-order valence-corrected chi connectivity index (χ0v) is 13.0. The molecule has 6 fully saturated rings. The normalized spacial score (nSPS) is 57.7. The molecule has 0 aromatic carbocycles. The number of fused-ring (bicyclic) bond motifs is 2. The number of azo groups is 1. The fourth-order valence-electron chi connectivity index (χ4n) is 6.90. The first-order chi connectivity index (χ1) is 10.2. The molecule has 116 valence electrons. The van der Waals surface area contributed by atoms with Gasteiger partial charge in [-0.25, -0.2) is 0 Å². The number of rotatable bonds is 3. The highest BCUT2D eigenvalue weighted by atomic mass is 16.3. The summed E-state index contributed by atoms with van der Waals surface area (Å²) in [6, 6.07) is 0. The summed E-state index contributed by atoms with van der Waals surface area (Å²) in [4.78, 5) is 0. The Morgan fingerprint density at radius 2 is 1.52 bits per heavy atom. The fraction of sp³-hybridized carbons (Fsp3) is 1.00. The van der Waals surface area contributed by atoms with Crippen molar-refractivity contribution in [3.63, 3.8) is 0 Å². The van der Waals surface area contributed by atoms with E-state index in [1.165, 1.54) is 57.8 Å². The van der Waals surface area contributed by atoms with Crippen LogP contribution in [-0.2, 0) is 0 Å². The fourth-order valence-corrected chi connectivity index (χ4v) is 6.90. The van der Waals surface area contributed by atoms with Gasteiger partial charge in [-0.1, -0.05) is 6.42 Å². The molecule has 0 aliphatic heterocycles. The Bertz CT molecular complexity index is 432. The van der Waals surface area contributed by atoms with E-state index in [1.807, 2.05) is 0 Å². The summed E-state index contributed by atoms with van der Waals surface area (Å²) in [5, 5.41) is 20.3. The lowest BCUT2D eigenvalue weighted by molar-refractivity contribution is -0.171. The van der Waals surface area contributed by atoms with Gasteiger partial charge in [0.2, 0.25) is 0 Å². The molecular formula is C18H28N2O. The Balaban J connectivity index is 1.28. The van der Waals surface area contributed by atoms with Gasteiger partial charge in [-0.3, -0.25) is 0 Å². The molecule has 6 bridgehead atoms. The van der Waals surface area contributed by atoms with Gasteiger partial charge in [0.25, 0.3) is 0 Å². The van der Waals surface area contributed by atoms with E-state index >= 15 is 0 Å². The lowest BCUT2D eigenvalue weighted by atomic mass is 9.52. The summed E-state index contributed by atoms with van der Waals surface area (Å²) >= 11 is 0. The first-order valence-electron chi connectivity index (χ1n) is 9.31. The molecule has 6 aliphatic carbocycles. The summed E-state index contributed by atoms with van der Waals surface area (Å²) in [5.41, 5.74) is -0.787. The van der Waals surface area contributed by atoms with Crippen molar-refractivity contribution in [1.82, 2.24) is 0 Å². The molecule has 3 atom stereocenters. The molecule has 0 saturated heterocycles. The Morgan fingerprint density at radius 3 is 2.10 bits per heavy atom. The number of nitrogens with zero attached hydrogens (tertiary/aromatic N) is 2. The van der Waals surface area contributed by atoms with Crippen molar-refractivity contribution in [2.45, 2.75) is 63.5 Å². The summed E-state index contributed by atoms with van der Waals surface area (Å²) in [5.74, 6) is 5.27. The summed E-state index contributed by atoms with van der Waals surface area (Å²) in [7, 11) is 0. The Morgan fingerprint density at radius 1 is 0.810 bits per heavy atom. The van der Waals surface area contributed by atoms with Gasteiger partial charge in [0.15, 0.2) is 5.72 Å². The highest BCUT2D eigenvalue weighted by Gasteiger charge is 2.57. The molecule has 0 aromatic rings. The second kappa shape index (κ2) is 4.53. The van der Waals surface area contributed by atoms with E-state index in [0.717, 1.165) is 36.1 Å². The molecule has 6 saturated carbocycles. The van der Waals surface area contributed by atoms with Crippen LogP contribution in [0.25, 0.3) is 0 Å². The van der Waals surface area contributed by atoms with Gasteiger partial charge in [0.05, 0.1) is 6.54 Å². The molecule has 0 radical (unpaired) electrons. The third-order valence-corrected chi connectivity index (χ3v) is 7.77. The van der Waals surface area contributed by atoms with Crippen LogP contribution in [0.2, 0.25) is 0 Å². The minimum Gasteiger partial charge on any atom is -0.367 e. The van der Waals surface area contributed by atoms with Crippen LogP contribution in [0.3, 0.4) is 0 Å². The molecule has 0 spiro atoms. The maximum Gasteiger partial charge on any atom is 0.181 e. The third kappa shape index (κ3) is 1.95. The number of hydrogen-bond acceptors (Lipinski definition) is 3. The van der Waals surface area contributed by atoms with Gasteiger partial charge in [-0.15, -0.1) is 0 Å². The molecule has 3 unspecified atom stereocenters. The van der Waals surface area contributed by atoms with Crippen molar-refractivity contribution in [3.05, 3.63) is 0 Å². The Labute approximate surface area is 127 Å². The van der Waals surface area contributed by atoms with Gasteiger partial charge >= 0.3 is 0 Å². The van der Waals surface area contributed by atoms with E-state index in [2.05, 4.69) is 10.2 Å². The van der Waals surface area contributed by atoms with Crippen molar-refractivity contribution in [2.75, 3.05) is 6.54 Å². The second-order valence-electron chi connectivity index (χ2n) is 8.95. The van der Waals surface area contributed by atoms with Crippen molar-refractivity contribution >= 4 is 0 Å². The molecule has 1 N–H and O–H groups in total. The van der Waals surface area contributed by atoms with Gasteiger partial charge in [-0.2, -0.15) is 10.2 Å². The smallest absolute Gasteiger partial charge is 0.181 e. The summed E-state index contributed by atoms with van der Waals surface area (Å²) in [6.07, 6.45) is 11.9. The highest BCUT2D eigenvalue weighted by molar-refractivity contribution is 5.05. The van der Waals surface area contributed by atoms with E-state index in [0.29, 0.717) is 11.8 Å². The molecule has 0 aromatic heterocycles. The number of hydrogen-bond donors (Lipinski definition) is 1. The van der Waals surface area contributed by atoms with Crippen LogP contribution in [0.5, 0.6) is 0 Å². The Kier molecular flexibility index (Phi) is 2.81. The van der Waals surface area contributed by atoms with E-state index in [9.17, 15) is 5.11 Å². The van der Waals surface area contributed by atoms with Crippen LogP contribution in [0.4, 0.5) is 0 Å². The minimum atomic E-state index is -0.787. The quantitative estimate of drug-likeness (QED) is 0.783. The largest absolute Gasteiger partial charge is 0.367 e. The summed E-state index contributed by atoms with van der Waals surface area (Å²) < 4.78 is 0. The third-order valence-electron chi connectivity index (χ3n) is 7.77. The maximum atomic E-state index is 11.1. The monoisotopic (exact) mass is 288 g/mol. The maximum absolute atomic E-state index is 11.1. The molecule has 0 amide bonds. The predicted octanol–water partition coefficient (Wildman–Crippen LogP) is 4.02. The first kappa shape index (κ1) is 13.0. The molecule has 0 heterocycles. The van der Waals surface area contributed by atoms with Crippen molar-refractivity contribution in [1.29, 1.82) is 0 Å². The highest BCUT2D eigenvalue weighted by Crippen LogP contribution is 2.58. The SMILES string of the molecule is OC1(N=NCC2CC3CCC2C3)C2CC3CC(C2)CC1C3. The average molecular weight is 288 g/mol. The van der Waals surface area contributed by atoms with Crippen LogP contribution >= 0.6 is 0 Å². The van der Waals surface area contributed by atoms with Crippen LogP contribution < -0.4 is 0 Å². The molecule has 3 nitrogen and oxygen atoms in total. The van der Waals surface area contributed by atoms with E-state index in [1.54, 1.807) is 0 Å². The summed E-state index contributed by atoms with van der Waals surface area (Å²) in [6.45, 7) is 0.885. The van der Waals surface area contributed by atoms with Crippen molar-refractivity contribution in [3.8, 4) is 0 Å². The lowest BCUT2D eigenvalue weighted by Gasteiger charge is -2.56. The van der Waals surface area contributed by atoms with Crippen LogP contribution in [-0.4, -0.2) is 17.4 Å². The molecule has 3 heteroatoms. The van der Waals surface area contributed by atoms with Gasteiger partial charge in [0, 0.05) is 11.8 Å². The molecule has 6 aliphatic rings. The van der Waals surface area contributed by atoms with Crippen LogP contribution in [0.1, 0.15) is 57.8 Å². The average Bonchev–Trinajstić information content (AvgIpc) is 3.07. The zero-order chi connectivity index (χ0) is 14.0. The predicted molar refractivity (Wildman–Crippen MR) is 80.7 cm³/mol. The van der Waals surface area contributed by atoms with Gasteiger partial charge in [-0.05, 0) is 81.0 Å². The van der Waals surface area contributed by atoms with E-state index < -0.39 is 5.72 Å². The lowest BCUT2D eigenvalue weighted by Crippen LogP contribution is -2.56. The van der Waals surface area contributed by atoms with Crippen molar-refractivity contribution < 1.29 is 5.11 Å². The molecule has 6 rings (SSSR count). The standard InChI is InChI=1S/C18H28N2O/c21-18(16-6-12-3-13(8-16)9-17(18)7-12)20-19-10-15-5-11-1-2-14(15)4-11/h11-17,21H,1-10H2. The van der Waals surface area contributed by atoms with E-state index in [-0.39, 0.29) is 0 Å². The van der Waals surface area contributed by atoms with Crippen molar-refractivity contribution in [2.24, 2.45) is 51.7 Å². The molecule has 21 heavy (non-hydrogen) atoms. The first-order valence-corrected chi connectivity index (χ1v) is 9.31. The molecular weight excluding hydrogens is 260 g/mol. The number of aliphatic hydroxyl groups is 1. The van der Waals surface area contributed by atoms with Gasteiger partial charge in [0.1, 0.15) is 0 Å². The second-order valence-corrected chi connectivity index (χ2v) is 8.95. The Hall–Kier alpha value is -0.440. The zero-order valence-electron chi connectivity index (χ0n) is 13.0. The topological polar surface area (TPSA) is 45.0 Å². The van der Waals surface area contributed by atoms with E-state index in [4.69, 9.17) is 0 Å². The minimum absolute atomic E-state index is 0.414. The van der Waals surface area contributed by atoms with Crippen LogP contribution in [0.15, 0.2) is 10.2 Å².